The topological polar surface area (TPSA) is 26.0 Å². The number of rotatable bonds is 0. The molecule has 1 heterocycles. The van der Waals surface area contributed by atoms with E-state index in [1.54, 1.807) is 0 Å². The maximum atomic E-state index is 5.61. The van der Waals surface area contributed by atoms with Gasteiger partial charge in [0.05, 0.1) is 0 Å². The van der Waals surface area contributed by atoms with Crippen molar-refractivity contribution >= 4 is 34.9 Å². The molecule has 2 aromatic rings. The first kappa shape index (κ1) is 6.27. The number of nitrogens with two attached hydrogens (primary N) is 1. The molecule has 0 saturated heterocycles. The Bertz CT molecular complexity index is 351. The zero-order valence-corrected chi connectivity index (χ0v) is 7.70. The van der Waals surface area contributed by atoms with Crippen molar-refractivity contribution < 1.29 is 0 Å². The van der Waals surface area contributed by atoms with Crippen molar-refractivity contribution in [3.63, 3.8) is 0 Å². The second kappa shape index (κ2) is 2.30. The Labute approximate surface area is 69.1 Å². The Morgan fingerprint density at radius 2 is 2.10 bits per heavy atom. The van der Waals surface area contributed by atoms with Gasteiger partial charge >= 0.3 is 69.0 Å². The number of hydrogen-bond acceptors (Lipinski definition) is 1. The van der Waals surface area contributed by atoms with E-state index in [1.807, 2.05) is 12.1 Å². The molecule has 0 aliphatic carbocycles. The first-order chi connectivity index (χ1) is 4.86. The zero-order chi connectivity index (χ0) is 6.97. The van der Waals surface area contributed by atoms with Crippen LogP contribution in [0, 0.1) is 0 Å². The van der Waals surface area contributed by atoms with Gasteiger partial charge in [0.2, 0.25) is 0 Å². The molecule has 50 valence electrons. The van der Waals surface area contributed by atoms with Crippen LogP contribution in [0.4, 0.5) is 5.69 Å². The molecule has 1 nitrogen and oxygen atoms in total. The average molecular weight is 245 g/mol. The predicted octanol–water partition coefficient (Wildman–Crippen LogP) is 1.48. The molecule has 0 spiro atoms. The van der Waals surface area contributed by atoms with Crippen LogP contribution < -0.4 is 5.73 Å². The minimum absolute atomic E-state index is 0.0115. The molecule has 0 saturated carbocycles. The van der Waals surface area contributed by atoms with E-state index in [1.165, 1.54) is 8.79 Å². The van der Waals surface area contributed by atoms with Crippen LogP contribution in [0.1, 0.15) is 0 Å². The molecule has 0 aliphatic heterocycles. The average Bonchev–Trinajstić information content (AvgIpc) is 2.33. The third-order valence-electron chi connectivity index (χ3n) is 1.48. The summed E-state index contributed by atoms with van der Waals surface area (Å²) in [5.41, 5.74) is 6.48. The first-order valence-corrected chi connectivity index (χ1v) is 5.60. The molecule has 1 aromatic heterocycles. The van der Waals surface area contributed by atoms with Gasteiger partial charge in [-0.25, -0.2) is 0 Å². The molecule has 2 N–H and O–H groups in total. The quantitative estimate of drug-likeness (QED) is 0.551. The second-order valence-electron chi connectivity index (χ2n) is 2.22. The third-order valence-corrected chi connectivity index (χ3v) is 4.04. The van der Waals surface area contributed by atoms with Crippen LogP contribution in [0.25, 0.3) is 8.79 Å². The maximum absolute atomic E-state index is 5.61. The van der Waals surface area contributed by atoms with Crippen molar-refractivity contribution in [3.8, 4) is 0 Å². The van der Waals surface area contributed by atoms with Crippen LogP contribution in [0.2, 0.25) is 0 Å². The monoisotopic (exact) mass is 247 g/mol. The number of benzene rings is 1. The fourth-order valence-electron chi connectivity index (χ4n) is 0.985. The Hall–Kier alpha value is -0.450. The van der Waals surface area contributed by atoms with Gasteiger partial charge < -0.3 is 0 Å². The van der Waals surface area contributed by atoms with Crippen molar-refractivity contribution in [2.24, 2.45) is 0 Å². The second-order valence-corrected chi connectivity index (χ2v) is 4.92. The molecule has 0 bridgehead atoms. The van der Waals surface area contributed by atoms with Crippen LogP contribution in [0.5, 0.6) is 0 Å². The van der Waals surface area contributed by atoms with Crippen molar-refractivity contribution in [1.82, 2.24) is 0 Å². The summed E-state index contributed by atoms with van der Waals surface area (Å²) < 4.78 is 3.80. The third kappa shape index (κ3) is 0.941. The van der Waals surface area contributed by atoms with Gasteiger partial charge in [0.25, 0.3) is 0 Å². The van der Waals surface area contributed by atoms with Gasteiger partial charge in [-0.2, -0.15) is 0 Å². The molecule has 0 unspecified atom stereocenters. The number of nitrogen functional groups attached to an aromatic ring is 1. The SMILES string of the molecule is Nc1ccc2[te]ccc2c1. The normalized spacial score (nSPS) is 10.4. The summed E-state index contributed by atoms with van der Waals surface area (Å²) in [7, 11) is 0. The molecule has 0 fully saturated rings. The van der Waals surface area contributed by atoms with Crippen molar-refractivity contribution in [2.45, 2.75) is 0 Å². The summed E-state index contributed by atoms with van der Waals surface area (Å²) in [5, 5.41) is 1.34. The van der Waals surface area contributed by atoms with Gasteiger partial charge in [-0.3, -0.25) is 0 Å². The van der Waals surface area contributed by atoms with Crippen LogP contribution in [0.3, 0.4) is 0 Å². The van der Waals surface area contributed by atoms with Crippen molar-refractivity contribution in [3.05, 3.63) is 28.3 Å². The van der Waals surface area contributed by atoms with Crippen LogP contribution in [0.15, 0.2) is 28.3 Å². The Morgan fingerprint density at radius 3 is 3.00 bits per heavy atom. The molecule has 1 aromatic carbocycles. The van der Waals surface area contributed by atoms with Gasteiger partial charge in [0.1, 0.15) is 0 Å². The Balaban J connectivity index is 2.86. The van der Waals surface area contributed by atoms with Gasteiger partial charge in [-0.15, -0.1) is 0 Å². The fourth-order valence-corrected chi connectivity index (χ4v) is 3.19. The number of hydrogen-bond donors (Lipinski definition) is 1. The molecule has 2 rings (SSSR count). The summed E-state index contributed by atoms with van der Waals surface area (Å²) in [6, 6.07) is 8.35. The summed E-state index contributed by atoms with van der Waals surface area (Å²) in [5.74, 6) is 0. The predicted molar refractivity (Wildman–Crippen MR) is 45.3 cm³/mol. The molecule has 0 amide bonds. The fraction of sp³-hybridized carbons (Fsp3) is 0. The summed E-state index contributed by atoms with van der Waals surface area (Å²) >= 11 is 0.0115. The summed E-state index contributed by atoms with van der Waals surface area (Å²) in [6.45, 7) is 0. The van der Waals surface area contributed by atoms with Crippen LogP contribution in [-0.4, -0.2) is 20.4 Å². The van der Waals surface area contributed by atoms with E-state index in [0.29, 0.717) is 0 Å². The van der Waals surface area contributed by atoms with Gasteiger partial charge in [-0.1, -0.05) is 0 Å². The molecule has 0 radical (unpaired) electrons. The Morgan fingerprint density at radius 1 is 1.20 bits per heavy atom. The van der Waals surface area contributed by atoms with E-state index >= 15 is 0 Å². The van der Waals surface area contributed by atoms with Gasteiger partial charge in [0, 0.05) is 0 Å². The standard InChI is InChI=1S/C8H7NTe/c9-7-1-2-8-6(5-7)3-4-10-8/h1-5H,9H2. The van der Waals surface area contributed by atoms with Gasteiger partial charge in [-0.05, 0) is 0 Å². The Kier molecular flexibility index (Phi) is 1.44. The number of fused-ring (bicyclic) bond motifs is 1. The molecule has 2 heteroatoms. The van der Waals surface area contributed by atoms with Crippen molar-refractivity contribution in [1.29, 1.82) is 0 Å². The zero-order valence-electron chi connectivity index (χ0n) is 5.37. The van der Waals surface area contributed by atoms with Gasteiger partial charge in [0.15, 0.2) is 0 Å². The molecular weight excluding hydrogens is 238 g/mol. The van der Waals surface area contributed by atoms with Crippen LogP contribution >= 0.6 is 0 Å². The van der Waals surface area contributed by atoms with E-state index in [9.17, 15) is 0 Å². The summed E-state index contributed by atoms with van der Waals surface area (Å²) in [6.07, 6.45) is 0. The summed E-state index contributed by atoms with van der Waals surface area (Å²) in [4.78, 5) is 0. The van der Waals surface area contributed by atoms with E-state index in [4.69, 9.17) is 5.73 Å². The molecule has 0 aliphatic rings. The van der Waals surface area contributed by atoms with E-state index in [-0.39, 0.29) is 20.4 Å². The van der Waals surface area contributed by atoms with E-state index < -0.39 is 0 Å². The molecule has 10 heavy (non-hydrogen) atoms. The van der Waals surface area contributed by atoms with E-state index in [0.717, 1.165) is 5.69 Å². The molecular formula is C8H7NTe. The minimum atomic E-state index is 0.0115. The van der Waals surface area contributed by atoms with E-state index in [2.05, 4.69) is 16.2 Å². The first-order valence-electron chi connectivity index (χ1n) is 3.09. The molecule has 0 atom stereocenters. The van der Waals surface area contributed by atoms with Crippen LogP contribution in [-0.2, 0) is 0 Å². The number of anilines is 1. The van der Waals surface area contributed by atoms with Crippen molar-refractivity contribution in [2.75, 3.05) is 5.73 Å².